The van der Waals surface area contributed by atoms with E-state index in [1.165, 1.54) is 12.6 Å². The van der Waals surface area contributed by atoms with Gasteiger partial charge in [-0.1, -0.05) is 6.07 Å². The van der Waals surface area contributed by atoms with E-state index in [0.29, 0.717) is 18.9 Å². The van der Waals surface area contributed by atoms with Gasteiger partial charge in [0.2, 0.25) is 5.91 Å². The van der Waals surface area contributed by atoms with Crippen molar-refractivity contribution < 1.29 is 9.53 Å². The summed E-state index contributed by atoms with van der Waals surface area (Å²) >= 11 is 3.49. The second kappa shape index (κ2) is 10.0. The molecule has 27 heavy (non-hydrogen) atoms. The van der Waals surface area contributed by atoms with Gasteiger partial charge in [-0.15, -0.1) is 0 Å². The Bertz CT molecular complexity index is 803. The predicted octanol–water partition coefficient (Wildman–Crippen LogP) is 2.83. The van der Waals surface area contributed by atoms with Gasteiger partial charge in [-0.2, -0.15) is 0 Å². The summed E-state index contributed by atoms with van der Waals surface area (Å²) in [6.07, 6.45) is 2.03. The minimum absolute atomic E-state index is 0.106. The van der Waals surface area contributed by atoms with Crippen LogP contribution in [0, 0.1) is 0 Å². The zero-order chi connectivity index (χ0) is 19.8. The number of ether oxygens (including phenoxy) is 1. The highest BCUT2D eigenvalue weighted by Gasteiger charge is 2.09. The number of benzene rings is 1. The molecule has 8 heteroatoms. The van der Waals surface area contributed by atoms with Crippen LogP contribution in [0.15, 0.2) is 46.0 Å². The van der Waals surface area contributed by atoms with Crippen molar-refractivity contribution in [2.24, 2.45) is 12.0 Å². The summed E-state index contributed by atoms with van der Waals surface area (Å²) in [4.78, 5) is 17.5. The van der Waals surface area contributed by atoms with E-state index in [1.807, 2.05) is 38.5 Å². The maximum atomic E-state index is 11.1. The van der Waals surface area contributed by atoms with Crippen LogP contribution in [0.1, 0.15) is 12.6 Å². The van der Waals surface area contributed by atoms with Crippen LogP contribution in [-0.2, 0) is 18.4 Å². The molecule has 1 heterocycles. The van der Waals surface area contributed by atoms with Crippen molar-refractivity contribution in [3.8, 4) is 5.75 Å². The second-order valence-corrected chi connectivity index (χ2v) is 7.06. The van der Waals surface area contributed by atoms with Crippen LogP contribution in [0.5, 0.6) is 5.75 Å². The molecule has 0 bridgehead atoms. The second-order valence-electron chi connectivity index (χ2n) is 6.15. The van der Waals surface area contributed by atoms with Crippen molar-refractivity contribution in [2.45, 2.75) is 13.5 Å². The van der Waals surface area contributed by atoms with Gasteiger partial charge in [0.05, 0.1) is 13.1 Å². The molecule has 0 saturated heterocycles. The average Bonchev–Trinajstić information content (AvgIpc) is 2.91. The lowest BCUT2D eigenvalue weighted by Gasteiger charge is -2.22. The number of anilines is 1. The number of halogens is 1. The highest BCUT2D eigenvalue weighted by Crippen LogP contribution is 2.17. The quantitative estimate of drug-likeness (QED) is 0.398. The predicted molar refractivity (Wildman–Crippen MR) is 112 cm³/mol. The molecule has 2 N–H and O–H groups in total. The number of aliphatic imine (C=N–C) groups is 1. The van der Waals surface area contributed by atoms with Gasteiger partial charge in [0, 0.05) is 56.2 Å². The Hall–Kier alpha value is -2.48. The monoisotopic (exact) mass is 435 g/mol. The number of nitrogens with zero attached hydrogens (tertiary/aromatic N) is 3. The molecule has 0 aliphatic carbocycles. The molecule has 1 amide bonds. The average molecular weight is 436 g/mol. The number of nitrogens with one attached hydrogen (secondary N) is 2. The smallest absolute Gasteiger partial charge is 0.221 e. The summed E-state index contributed by atoms with van der Waals surface area (Å²) < 4.78 is 8.89. The number of hydrogen-bond donors (Lipinski definition) is 2. The van der Waals surface area contributed by atoms with Crippen molar-refractivity contribution in [2.75, 3.05) is 32.6 Å². The third kappa shape index (κ3) is 6.63. The lowest BCUT2D eigenvalue weighted by Crippen LogP contribution is -2.40. The van der Waals surface area contributed by atoms with E-state index in [1.54, 1.807) is 13.1 Å². The highest BCUT2D eigenvalue weighted by molar-refractivity contribution is 9.10. The van der Waals surface area contributed by atoms with Crippen molar-refractivity contribution in [1.29, 1.82) is 0 Å². The molecule has 0 aliphatic rings. The fourth-order valence-electron chi connectivity index (χ4n) is 2.62. The van der Waals surface area contributed by atoms with Gasteiger partial charge >= 0.3 is 0 Å². The van der Waals surface area contributed by atoms with Crippen molar-refractivity contribution in [1.82, 2.24) is 14.8 Å². The molecule has 2 rings (SSSR count). The maximum Gasteiger partial charge on any atom is 0.221 e. The Balaban J connectivity index is 1.81. The maximum absolute atomic E-state index is 11.1. The molecule has 0 unspecified atom stereocenters. The molecule has 0 fully saturated rings. The lowest BCUT2D eigenvalue weighted by molar-refractivity contribution is -0.114. The van der Waals surface area contributed by atoms with E-state index in [-0.39, 0.29) is 5.91 Å². The number of carbonyl (C=O) groups excluding carboxylic acids is 1. The van der Waals surface area contributed by atoms with Gasteiger partial charge in [0.1, 0.15) is 12.4 Å². The number of rotatable bonds is 7. The number of amides is 1. The molecular formula is C19H26BrN5O2. The third-order valence-electron chi connectivity index (χ3n) is 3.86. The summed E-state index contributed by atoms with van der Waals surface area (Å²) in [6, 6.07) is 9.42. The molecule has 146 valence electrons. The van der Waals surface area contributed by atoms with Crippen LogP contribution < -0.4 is 15.4 Å². The number of hydrogen-bond acceptors (Lipinski definition) is 3. The van der Waals surface area contributed by atoms with Crippen LogP contribution in [-0.4, -0.2) is 48.6 Å². The Labute approximate surface area is 168 Å². The first-order valence-corrected chi connectivity index (χ1v) is 9.41. The van der Waals surface area contributed by atoms with E-state index < -0.39 is 0 Å². The normalized spacial score (nSPS) is 11.2. The van der Waals surface area contributed by atoms with Crippen molar-refractivity contribution in [3.63, 3.8) is 0 Å². The van der Waals surface area contributed by atoms with Crippen LogP contribution in [0.2, 0.25) is 0 Å². The Kier molecular flexibility index (Phi) is 7.72. The highest BCUT2D eigenvalue weighted by atomic mass is 79.9. The zero-order valence-corrected chi connectivity index (χ0v) is 17.7. The Morgan fingerprint density at radius 1 is 1.37 bits per heavy atom. The first-order chi connectivity index (χ1) is 12.9. The van der Waals surface area contributed by atoms with Gasteiger partial charge in [-0.3, -0.25) is 9.79 Å². The van der Waals surface area contributed by atoms with Gasteiger partial charge in [0.15, 0.2) is 5.96 Å². The van der Waals surface area contributed by atoms with Crippen molar-refractivity contribution in [3.05, 3.63) is 46.7 Å². The van der Waals surface area contributed by atoms with Crippen molar-refractivity contribution >= 4 is 33.5 Å². The van der Waals surface area contributed by atoms with Crippen LogP contribution >= 0.6 is 15.9 Å². The van der Waals surface area contributed by atoms with E-state index in [9.17, 15) is 4.79 Å². The molecule has 1 aromatic carbocycles. The van der Waals surface area contributed by atoms with Crippen LogP contribution in [0.25, 0.3) is 0 Å². The van der Waals surface area contributed by atoms with Gasteiger partial charge in [0.25, 0.3) is 0 Å². The molecule has 0 spiro atoms. The standard InChI is InChI=1S/C19H26BrN5O2/c1-14(26)23-16-6-5-7-18(11-16)27-9-8-22-19(21-2)25(4)13-17-10-15(20)12-24(17)3/h5-7,10-12H,8-9,13H2,1-4H3,(H,21,22)(H,23,26). The van der Waals surface area contributed by atoms with Crippen LogP contribution in [0.4, 0.5) is 5.69 Å². The summed E-state index contributed by atoms with van der Waals surface area (Å²) in [5, 5.41) is 6.03. The van der Waals surface area contributed by atoms with E-state index >= 15 is 0 Å². The molecule has 2 aromatic rings. The van der Waals surface area contributed by atoms with E-state index in [2.05, 4.69) is 47.1 Å². The minimum atomic E-state index is -0.106. The third-order valence-corrected chi connectivity index (χ3v) is 4.29. The number of guanidine groups is 1. The zero-order valence-electron chi connectivity index (χ0n) is 16.1. The van der Waals surface area contributed by atoms with Gasteiger partial charge < -0.3 is 24.8 Å². The molecule has 0 radical (unpaired) electrons. The van der Waals surface area contributed by atoms with E-state index in [0.717, 1.165) is 22.7 Å². The Morgan fingerprint density at radius 2 is 2.15 bits per heavy atom. The first-order valence-electron chi connectivity index (χ1n) is 8.62. The molecule has 1 aromatic heterocycles. The summed E-state index contributed by atoms with van der Waals surface area (Å²) in [5.41, 5.74) is 1.90. The molecular weight excluding hydrogens is 410 g/mol. The first kappa shape index (κ1) is 20.8. The largest absolute Gasteiger partial charge is 0.492 e. The molecule has 0 saturated carbocycles. The summed E-state index contributed by atoms with van der Waals surface area (Å²) in [5.74, 6) is 1.40. The topological polar surface area (TPSA) is 70.9 Å². The minimum Gasteiger partial charge on any atom is -0.492 e. The SMILES string of the molecule is CN=C(NCCOc1cccc(NC(C)=O)c1)N(C)Cc1cc(Br)cn1C. The number of aromatic nitrogens is 1. The summed E-state index contributed by atoms with van der Waals surface area (Å²) in [6.45, 7) is 3.30. The van der Waals surface area contributed by atoms with Gasteiger partial charge in [-0.25, -0.2) is 0 Å². The fraction of sp³-hybridized carbons (Fsp3) is 0.368. The molecule has 0 aliphatic heterocycles. The van der Waals surface area contributed by atoms with Crippen LogP contribution in [0.3, 0.4) is 0 Å². The van der Waals surface area contributed by atoms with E-state index in [4.69, 9.17) is 4.74 Å². The number of aryl methyl sites for hydroxylation is 1. The summed E-state index contributed by atoms with van der Waals surface area (Å²) in [7, 11) is 5.78. The van der Waals surface area contributed by atoms with Gasteiger partial charge in [-0.05, 0) is 34.1 Å². The molecule has 0 atom stereocenters. The molecule has 7 nitrogen and oxygen atoms in total. The Morgan fingerprint density at radius 3 is 2.78 bits per heavy atom. The lowest BCUT2D eigenvalue weighted by atomic mass is 10.3. The number of carbonyl (C=O) groups is 1. The fourth-order valence-corrected chi connectivity index (χ4v) is 3.20.